The zero-order chi connectivity index (χ0) is 12.9. The summed E-state index contributed by atoms with van der Waals surface area (Å²) in [7, 11) is 0. The molecule has 1 atom stereocenters. The minimum atomic E-state index is -0.559. The molecule has 1 fully saturated rings. The Kier molecular flexibility index (Phi) is 5.90. The summed E-state index contributed by atoms with van der Waals surface area (Å²) in [5.74, 6) is 0.550. The Morgan fingerprint density at radius 1 is 1.35 bits per heavy atom. The number of nitrogens with one attached hydrogen (secondary N) is 1. The zero-order valence-corrected chi connectivity index (χ0v) is 12.0. The van der Waals surface area contributed by atoms with Gasteiger partial charge in [-0.15, -0.1) is 0 Å². The zero-order valence-electron chi connectivity index (χ0n) is 12.0. The average Bonchev–Trinajstić information content (AvgIpc) is 2.25. The third-order valence-electron chi connectivity index (χ3n) is 3.65. The van der Waals surface area contributed by atoms with E-state index in [1.165, 1.54) is 25.9 Å². The van der Waals surface area contributed by atoms with Crippen LogP contribution in [0.1, 0.15) is 47.0 Å². The molecule has 0 saturated carbocycles. The monoisotopic (exact) mass is 242 g/mol. The van der Waals surface area contributed by atoms with E-state index in [1.807, 2.05) is 6.92 Å². The van der Waals surface area contributed by atoms with Crippen LogP contribution in [-0.2, 0) is 0 Å². The summed E-state index contributed by atoms with van der Waals surface area (Å²) in [5, 5.41) is 13.8. The Morgan fingerprint density at radius 2 is 1.94 bits per heavy atom. The molecule has 3 nitrogen and oxygen atoms in total. The van der Waals surface area contributed by atoms with E-state index < -0.39 is 5.60 Å². The molecule has 0 aromatic carbocycles. The maximum atomic E-state index is 10.2. The van der Waals surface area contributed by atoms with E-state index in [-0.39, 0.29) is 0 Å². The Labute approximate surface area is 107 Å². The van der Waals surface area contributed by atoms with Gasteiger partial charge in [0.25, 0.3) is 0 Å². The molecule has 3 heteroatoms. The molecule has 0 bridgehead atoms. The van der Waals surface area contributed by atoms with Gasteiger partial charge in [0.2, 0.25) is 0 Å². The summed E-state index contributed by atoms with van der Waals surface area (Å²) in [6.45, 7) is 12.8. The molecule has 0 radical (unpaired) electrons. The molecular formula is C14H30N2O. The van der Waals surface area contributed by atoms with Gasteiger partial charge in [0.05, 0.1) is 5.60 Å². The van der Waals surface area contributed by atoms with E-state index in [9.17, 15) is 5.11 Å². The van der Waals surface area contributed by atoms with Crippen molar-refractivity contribution in [3.8, 4) is 0 Å². The van der Waals surface area contributed by atoms with E-state index in [4.69, 9.17) is 0 Å². The Hall–Kier alpha value is -0.120. The van der Waals surface area contributed by atoms with Gasteiger partial charge in [0.15, 0.2) is 0 Å². The molecule has 102 valence electrons. The van der Waals surface area contributed by atoms with Gasteiger partial charge in [-0.1, -0.05) is 20.8 Å². The predicted octanol–water partition coefficient (Wildman–Crippen LogP) is 1.86. The van der Waals surface area contributed by atoms with Crippen LogP contribution in [0.5, 0.6) is 0 Å². The molecule has 17 heavy (non-hydrogen) atoms. The van der Waals surface area contributed by atoms with E-state index in [2.05, 4.69) is 31.0 Å². The number of hydrogen-bond donors (Lipinski definition) is 2. The third-order valence-corrected chi connectivity index (χ3v) is 3.65. The van der Waals surface area contributed by atoms with Crippen LogP contribution in [-0.4, -0.2) is 47.8 Å². The van der Waals surface area contributed by atoms with Gasteiger partial charge < -0.3 is 15.3 Å². The van der Waals surface area contributed by atoms with Crippen molar-refractivity contribution < 1.29 is 5.11 Å². The van der Waals surface area contributed by atoms with Gasteiger partial charge in [0, 0.05) is 12.6 Å². The van der Waals surface area contributed by atoms with Crippen molar-refractivity contribution in [1.29, 1.82) is 0 Å². The Morgan fingerprint density at radius 3 is 2.41 bits per heavy atom. The first-order chi connectivity index (χ1) is 7.93. The summed E-state index contributed by atoms with van der Waals surface area (Å²) in [6, 6.07) is 0.594. The minimum absolute atomic E-state index is 0.550. The lowest BCUT2D eigenvalue weighted by Crippen LogP contribution is -2.47. The third kappa shape index (κ3) is 5.84. The SMILES string of the molecule is CCN1CCC(NCC(C)(O)CC(C)C)CC1. The molecule has 1 aliphatic rings. The van der Waals surface area contributed by atoms with Crippen molar-refractivity contribution in [3.63, 3.8) is 0 Å². The van der Waals surface area contributed by atoms with Crippen LogP contribution < -0.4 is 5.32 Å². The van der Waals surface area contributed by atoms with Crippen molar-refractivity contribution >= 4 is 0 Å². The molecule has 1 rings (SSSR count). The maximum Gasteiger partial charge on any atom is 0.0746 e. The highest BCUT2D eigenvalue weighted by molar-refractivity contribution is 4.82. The van der Waals surface area contributed by atoms with Crippen LogP contribution in [0.25, 0.3) is 0 Å². The molecular weight excluding hydrogens is 212 g/mol. The van der Waals surface area contributed by atoms with E-state index in [0.717, 1.165) is 19.5 Å². The van der Waals surface area contributed by atoms with Gasteiger partial charge in [0.1, 0.15) is 0 Å². The molecule has 1 saturated heterocycles. The first-order valence-electron chi connectivity index (χ1n) is 7.11. The highest BCUT2D eigenvalue weighted by Gasteiger charge is 2.24. The van der Waals surface area contributed by atoms with Gasteiger partial charge in [-0.3, -0.25) is 0 Å². The van der Waals surface area contributed by atoms with Crippen molar-refractivity contribution in [1.82, 2.24) is 10.2 Å². The van der Waals surface area contributed by atoms with E-state index in [0.29, 0.717) is 12.0 Å². The molecule has 1 unspecified atom stereocenters. The van der Waals surface area contributed by atoms with Crippen LogP contribution in [0.2, 0.25) is 0 Å². The van der Waals surface area contributed by atoms with Crippen molar-refractivity contribution in [2.45, 2.75) is 58.6 Å². The molecule has 0 aliphatic carbocycles. The second-order valence-electron chi connectivity index (χ2n) is 6.18. The normalized spacial score (nSPS) is 22.9. The Balaban J connectivity index is 2.22. The first kappa shape index (κ1) is 14.9. The van der Waals surface area contributed by atoms with E-state index in [1.54, 1.807) is 0 Å². The molecule has 1 aliphatic heterocycles. The highest BCUT2D eigenvalue weighted by atomic mass is 16.3. The number of piperidine rings is 1. The quantitative estimate of drug-likeness (QED) is 0.746. The van der Waals surface area contributed by atoms with E-state index >= 15 is 0 Å². The second-order valence-corrected chi connectivity index (χ2v) is 6.18. The van der Waals surface area contributed by atoms with Gasteiger partial charge in [-0.2, -0.15) is 0 Å². The number of aliphatic hydroxyl groups is 1. The number of rotatable bonds is 6. The lowest BCUT2D eigenvalue weighted by molar-refractivity contribution is 0.0332. The minimum Gasteiger partial charge on any atom is -0.389 e. The molecule has 2 N–H and O–H groups in total. The fraction of sp³-hybridized carbons (Fsp3) is 1.00. The largest absolute Gasteiger partial charge is 0.389 e. The first-order valence-corrected chi connectivity index (χ1v) is 7.11. The Bertz CT molecular complexity index is 208. The molecule has 0 amide bonds. The molecule has 0 spiro atoms. The fourth-order valence-corrected chi connectivity index (χ4v) is 2.77. The second kappa shape index (κ2) is 6.72. The summed E-state index contributed by atoms with van der Waals surface area (Å²) >= 11 is 0. The lowest BCUT2D eigenvalue weighted by atomic mass is 9.93. The average molecular weight is 242 g/mol. The summed E-state index contributed by atoms with van der Waals surface area (Å²) in [4.78, 5) is 2.49. The topological polar surface area (TPSA) is 35.5 Å². The fourth-order valence-electron chi connectivity index (χ4n) is 2.77. The van der Waals surface area contributed by atoms with Gasteiger partial charge >= 0.3 is 0 Å². The van der Waals surface area contributed by atoms with Crippen LogP contribution in [0, 0.1) is 5.92 Å². The highest BCUT2D eigenvalue weighted by Crippen LogP contribution is 2.17. The molecule has 0 aromatic heterocycles. The van der Waals surface area contributed by atoms with Crippen LogP contribution in [0.15, 0.2) is 0 Å². The number of nitrogens with zero attached hydrogens (tertiary/aromatic N) is 1. The van der Waals surface area contributed by atoms with Gasteiger partial charge in [-0.25, -0.2) is 0 Å². The van der Waals surface area contributed by atoms with Gasteiger partial charge in [-0.05, 0) is 51.7 Å². The number of likely N-dealkylation sites (tertiary alicyclic amines) is 1. The molecule has 0 aromatic rings. The molecule has 1 heterocycles. The van der Waals surface area contributed by atoms with Crippen molar-refractivity contribution in [2.24, 2.45) is 5.92 Å². The van der Waals surface area contributed by atoms with Crippen LogP contribution in [0.4, 0.5) is 0 Å². The lowest BCUT2D eigenvalue weighted by Gasteiger charge is -2.34. The van der Waals surface area contributed by atoms with Crippen molar-refractivity contribution in [3.05, 3.63) is 0 Å². The van der Waals surface area contributed by atoms with Crippen molar-refractivity contribution in [2.75, 3.05) is 26.2 Å². The van der Waals surface area contributed by atoms with Crippen LogP contribution in [0.3, 0.4) is 0 Å². The van der Waals surface area contributed by atoms with Crippen LogP contribution >= 0.6 is 0 Å². The smallest absolute Gasteiger partial charge is 0.0746 e. The maximum absolute atomic E-state index is 10.2. The standard InChI is InChI=1S/C14H30N2O/c1-5-16-8-6-13(7-9-16)15-11-14(4,17)10-12(2)3/h12-13,15,17H,5-11H2,1-4H3. The summed E-state index contributed by atoms with van der Waals surface area (Å²) < 4.78 is 0. The number of hydrogen-bond acceptors (Lipinski definition) is 3. The predicted molar refractivity (Wildman–Crippen MR) is 73.2 cm³/mol. The summed E-state index contributed by atoms with van der Waals surface area (Å²) in [5.41, 5.74) is -0.559. The summed E-state index contributed by atoms with van der Waals surface area (Å²) in [6.07, 6.45) is 3.30.